The smallest absolute Gasteiger partial charge is 0.143 e. The van der Waals surface area contributed by atoms with Gasteiger partial charge in [0.2, 0.25) is 0 Å². The van der Waals surface area contributed by atoms with Gasteiger partial charge < -0.3 is 14.2 Å². The van der Waals surface area contributed by atoms with Gasteiger partial charge in [-0.3, -0.25) is 0 Å². The van der Waals surface area contributed by atoms with E-state index in [4.69, 9.17) is 14.2 Å². The summed E-state index contributed by atoms with van der Waals surface area (Å²) in [6.07, 6.45) is 1.54. The number of methoxy groups -OCH3 is 2. The van der Waals surface area contributed by atoms with Crippen LogP contribution in [0.1, 0.15) is 5.56 Å². The Bertz CT molecular complexity index is 807. The van der Waals surface area contributed by atoms with Gasteiger partial charge in [-0.2, -0.15) is 0 Å². The van der Waals surface area contributed by atoms with Crippen molar-refractivity contribution in [2.75, 3.05) is 14.2 Å². The third kappa shape index (κ3) is 3.48. The molecule has 124 valence electrons. The summed E-state index contributed by atoms with van der Waals surface area (Å²) in [7, 11) is 3.24. The molecule has 0 fully saturated rings. The number of hydrogen-bond donors (Lipinski definition) is 0. The lowest BCUT2D eigenvalue weighted by atomic mass is 10.2. The zero-order valence-electron chi connectivity index (χ0n) is 13.1. The molecule has 3 aromatic rings. The van der Waals surface area contributed by atoms with Crippen LogP contribution in [0, 0.1) is 0 Å². The molecule has 7 nitrogen and oxygen atoms in total. The maximum absolute atomic E-state index is 5.83. The molecule has 0 atom stereocenters. The Morgan fingerprint density at radius 1 is 1.04 bits per heavy atom. The topological polar surface area (TPSA) is 71.3 Å². The first-order valence-corrected chi connectivity index (χ1v) is 7.87. The quantitative estimate of drug-likeness (QED) is 0.644. The van der Waals surface area contributed by atoms with Gasteiger partial charge in [0.1, 0.15) is 30.2 Å². The molecule has 2 aromatic carbocycles. The van der Waals surface area contributed by atoms with E-state index in [0.29, 0.717) is 6.61 Å². The van der Waals surface area contributed by atoms with Crippen LogP contribution in [0.4, 0.5) is 0 Å². The second-order valence-corrected chi connectivity index (χ2v) is 5.69. The van der Waals surface area contributed by atoms with Crippen molar-refractivity contribution in [2.45, 2.75) is 6.61 Å². The van der Waals surface area contributed by atoms with Crippen LogP contribution in [-0.2, 0) is 6.61 Å². The van der Waals surface area contributed by atoms with Gasteiger partial charge in [-0.15, -0.1) is 5.10 Å². The van der Waals surface area contributed by atoms with Crippen molar-refractivity contribution in [3.05, 3.63) is 52.8 Å². The third-order valence-electron chi connectivity index (χ3n) is 3.40. The number of nitrogens with zero attached hydrogens (tertiary/aromatic N) is 4. The monoisotopic (exact) mass is 390 g/mol. The number of ether oxygens (including phenoxy) is 3. The van der Waals surface area contributed by atoms with Crippen LogP contribution in [-0.4, -0.2) is 34.4 Å². The average molecular weight is 391 g/mol. The van der Waals surface area contributed by atoms with Crippen LogP contribution >= 0.6 is 15.9 Å². The number of tetrazole rings is 1. The van der Waals surface area contributed by atoms with Crippen molar-refractivity contribution in [1.29, 1.82) is 0 Å². The molecule has 0 saturated carbocycles. The van der Waals surface area contributed by atoms with Crippen LogP contribution in [0.2, 0.25) is 0 Å². The summed E-state index contributed by atoms with van der Waals surface area (Å²) in [5.74, 6) is 2.19. The van der Waals surface area contributed by atoms with Crippen LogP contribution in [0.3, 0.4) is 0 Å². The van der Waals surface area contributed by atoms with E-state index in [-0.39, 0.29) is 0 Å². The number of hydrogen-bond acceptors (Lipinski definition) is 6. The zero-order chi connectivity index (χ0) is 16.9. The van der Waals surface area contributed by atoms with E-state index in [1.54, 1.807) is 18.9 Å². The normalized spacial score (nSPS) is 10.5. The van der Waals surface area contributed by atoms with E-state index in [2.05, 4.69) is 31.5 Å². The fourth-order valence-electron chi connectivity index (χ4n) is 2.17. The van der Waals surface area contributed by atoms with Crippen LogP contribution < -0.4 is 14.2 Å². The molecular weight excluding hydrogens is 376 g/mol. The van der Waals surface area contributed by atoms with Crippen LogP contribution in [0.5, 0.6) is 17.2 Å². The minimum atomic E-state index is 0.358. The molecule has 0 aliphatic carbocycles. The Hall–Kier alpha value is -2.61. The zero-order valence-corrected chi connectivity index (χ0v) is 14.7. The van der Waals surface area contributed by atoms with E-state index in [1.165, 1.54) is 6.33 Å². The van der Waals surface area contributed by atoms with Crippen molar-refractivity contribution in [3.63, 3.8) is 0 Å². The van der Waals surface area contributed by atoms with Gasteiger partial charge in [-0.1, -0.05) is 0 Å². The Morgan fingerprint density at radius 2 is 1.79 bits per heavy atom. The lowest BCUT2D eigenvalue weighted by Gasteiger charge is -2.13. The molecule has 0 radical (unpaired) electrons. The lowest BCUT2D eigenvalue weighted by Crippen LogP contribution is -2.01. The standard InChI is InChI=1S/C16H15BrN4O3/c1-22-15-8-14(17)16(23-2)7-11(15)9-24-13-5-3-12(4-6-13)21-10-18-19-20-21/h3-8,10H,9H2,1-2H3. The second-order valence-electron chi connectivity index (χ2n) is 4.84. The van der Waals surface area contributed by atoms with Gasteiger partial charge in [0.15, 0.2) is 0 Å². The molecule has 1 heterocycles. The highest BCUT2D eigenvalue weighted by molar-refractivity contribution is 9.10. The van der Waals surface area contributed by atoms with Gasteiger partial charge in [-0.25, -0.2) is 4.68 Å². The lowest BCUT2D eigenvalue weighted by molar-refractivity contribution is 0.295. The molecule has 0 aliphatic rings. The maximum Gasteiger partial charge on any atom is 0.143 e. The Kier molecular flexibility index (Phi) is 4.95. The molecule has 3 rings (SSSR count). The predicted octanol–water partition coefficient (Wildman–Crippen LogP) is 3.02. The van der Waals surface area contributed by atoms with Crippen molar-refractivity contribution in [1.82, 2.24) is 20.2 Å². The number of rotatable bonds is 6. The molecule has 8 heteroatoms. The van der Waals surface area contributed by atoms with Crippen LogP contribution in [0.15, 0.2) is 47.2 Å². The summed E-state index contributed by atoms with van der Waals surface area (Å²) >= 11 is 3.44. The minimum absolute atomic E-state index is 0.358. The SMILES string of the molecule is COc1cc(COc2ccc(-n3cnnn3)cc2)c(OC)cc1Br. The predicted molar refractivity (Wildman–Crippen MR) is 90.7 cm³/mol. The minimum Gasteiger partial charge on any atom is -0.496 e. The maximum atomic E-state index is 5.83. The third-order valence-corrected chi connectivity index (χ3v) is 4.02. The van der Waals surface area contributed by atoms with Crippen molar-refractivity contribution in [2.24, 2.45) is 0 Å². The van der Waals surface area contributed by atoms with Crippen molar-refractivity contribution >= 4 is 15.9 Å². The first-order chi connectivity index (χ1) is 11.7. The molecule has 0 unspecified atom stereocenters. The molecule has 0 spiro atoms. The van der Waals surface area contributed by atoms with Crippen molar-refractivity contribution < 1.29 is 14.2 Å². The number of halogens is 1. The highest BCUT2D eigenvalue weighted by Crippen LogP contribution is 2.33. The fourth-order valence-corrected chi connectivity index (χ4v) is 2.66. The first-order valence-electron chi connectivity index (χ1n) is 7.08. The Labute approximate surface area is 147 Å². The van der Waals surface area contributed by atoms with Crippen LogP contribution in [0.25, 0.3) is 5.69 Å². The summed E-state index contributed by atoms with van der Waals surface area (Å²) in [5, 5.41) is 11.1. The Balaban J connectivity index is 1.73. The van der Waals surface area contributed by atoms with E-state index < -0.39 is 0 Å². The molecule has 1 aromatic heterocycles. The highest BCUT2D eigenvalue weighted by Gasteiger charge is 2.10. The summed E-state index contributed by atoms with van der Waals surface area (Å²) in [6.45, 7) is 0.358. The van der Waals surface area contributed by atoms with Gasteiger partial charge in [0.05, 0.1) is 24.4 Å². The molecular formula is C16H15BrN4O3. The van der Waals surface area contributed by atoms with Gasteiger partial charge in [-0.05, 0) is 62.8 Å². The van der Waals surface area contributed by atoms with Gasteiger partial charge >= 0.3 is 0 Å². The number of benzene rings is 2. The average Bonchev–Trinajstić information content (AvgIpc) is 3.15. The highest BCUT2D eigenvalue weighted by atomic mass is 79.9. The summed E-state index contributed by atoms with van der Waals surface area (Å²) in [6, 6.07) is 11.2. The fraction of sp³-hybridized carbons (Fsp3) is 0.188. The Morgan fingerprint density at radius 3 is 2.42 bits per heavy atom. The molecule has 0 bridgehead atoms. The largest absolute Gasteiger partial charge is 0.496 e. The van der Waals surface area contributed by atoms with Gasteiger partial charge in [0, 0.05) is 5.56 Å². The number of aromatic nitrogens is 4. The van der Waals surface area contributed by atoms with Crippen molar-refractivity contribution in [3.8, 4) is 22.9 Å². The van der Waals surface area contributed by atoms with E-state index in [9.17, 15) is 0 Å². The summed E-state index contributed by atoms with van der Waals surface area (Å²) in [4.78, 5) is 0. The molecule has 0 aliphatic heterocycles. The van der Waals surface area contributed by atoms with E-state index in [1.807, 2.05) is 36.4 Å². The summed E-state index contributed by atoms with van der Waals surface area (Å²) in [5.41, 5.74) is 1.75. The summed E-state index contributed by atoms with van der Waals surface area (Å²) < 4.78 is 18.9. The van der Waals surface area contributed by atoms with E-state index in [0.717, 1.165) is 33.0 Å². The van der Waals surface area contributed by atoms with E-state index >= 15 is 0 Å². The molecule has 0 saturated heterocycles. The molecule has 0 amide bonds. The molecule has 24 heavy (non-hydrogen) atoms. The second kappa shape index (κ2) is 7.31. The molecule has 0 N–H and O–H groups in total. The van der Waals surface area contributed by atoms with Gasteiger partial charge in [0.25, 0.3) is 0 Å². The first kappa shape index (κ1) is 16.3.